The molecule has 0 radical (unpaired) electrons. The number of nitrogens with zero attached hydrogens (tertiary/aromatic N) is 2. The standard InChI is InChI=1S/C31H34N2O4S/c1-3-4-5-9-12-29(34)33-19-17-24-14-15-25(21-26(24)30(33)31(35)36)37-20-18-27-22(2)38-28(32-27)16-13-23-10-7-6-8-11-23/h6-16,21,30H,3-5,17-20H2,1-2H3,(H,35,36). The van der Waals surface area contributed by atoms with E-state index in [0.29, 0.717) is 37.3 Å². The maximum Gasteiger partial charge on any atom is 0.331 e. The highest BCUT2D eigenvalue weighted by molar-refractivity contribution is 7.12. The Morgan fingerprint density at radius 3 is 2.76 bits per heavy atom. The molecule has 0 bridgehead atoms. The highest BCUT2D eigenvalue weighted by Gasteiger charge is 2.35. The van der Waals surface area contributed by atoms with Crippen LogP contribution in [0.5, 0.6) is 5.75 Å². The van der Waals surface area contributed by atoms with Gasteiger partial charge in [0.15, 0.2) is 6.04 Å². The SMILES string of the molecule is CCCCC=CC(=O)N1CCc2ccc(OCCc3nc(C=Cc4ccccc4)sc3C)cc2C1C(=O)O. The number of carbonyl (C=O) groups is 2. The Hall–Kier alpha value is -3.71. The highest BCUT2D eigenvalue weighted by Crippen LogP contribution is 2.33. The molecule has 2 heterocycles. The lowest BCUT2D eigenvalue weighted by atomic mass is 9.92. The van der Waals surface area contributed by atoms with Crippen molar-refractivity contribution in [1.82, 2.24) is 9.88 Å². The number of carboxylic acids is 1. The topological polar surface area (TPSA) is 79.7 Å². The normalized spacial score (nSPS) is 15.2. The van der Waals surface area contributed by atoms with Crippen molar-refractivity contribution in [1.29, 1.82) is 0 Å². The van der Waals surface area contributed by atoms with Crippen LogP contribution in [-0.4, -0.2) is 40.0 Å². The van der Waals surface area contributed by atoms with Crippen LogP contribution in [0.3, 0.4) is 0 Å². The van der Waals surface area contributed by atoms with Gasteiger partial charge < -0.3 is 14.7 Å². The molecule has 1 atom stereocenters. The van der Waals surface area contributed by atoms with Crippen LogP contribution in [0.4, 0.5) is 0 Å². The van der Waals surface area contributed by atoms with Gasteiger partial charge in [0, 0.05) is 17.8 Å². The van der Waals surface area contributed by atoms with Crippen LogP contribution in [-0.2, 0) is 22.4 Å². The van der Waals surface area contributed by atoms with Gasteiger partial charge in [-0.05, 0) is 60.7 Å². The smallest absolute Gasteiger partial charge is 0.331 e. The lowest BCUT2D eigenvalue weighted by Gasteiger charge is -2.34. The molecule has 0 saturated carbocycles. The van der Waals surface area contributed by atoms with Crippen LogP contribution >= 0.6 is 11.3 Å². The zero-order valence-electron chi connectivity index (χ0n) is 21.9. The maximum absolute atomic E-state index is 12.8. The van der Waals surface area contributed by atoms with Crippen LogP contribution in [0.15, 0.2) is 60.7 Å². The largest absolute Gasteiger partial charge is 0.493 e. The summed E-state index contributed by atoms with van der Waals surface area (Å²) in [5.41, 5.74) is 3.68. The minimum Gasteiger partial charge on any atom is -0.493 e. The molecule has 6 nitrogen and oxygen atoms in total. The molecule has 1 unspecified atom stereocenters. The first kappa shape index (κ1) is 27.3. The molecular formula is C31H34N2O4S. The number of ether oxygens (including phenoxy) is 1. The van der Waals surface area contributed by atoms with Gasteiger partial charge in [-0.2, -0.15) is 0 Å². The second-order valence-electron chi connectivity index (χ2n) is 9.33. The minimum absolute atomic E-state index is 0.262. The van der Waals surface area contributed by atoms with E-state index in [1.807, 2.05) is 42.5 Å². The Kier molecular flexibility index (Phi) is 9.49. The van der Waals surface area contributed by atoms with E-state index in [1.54, 1.807) is 17.4 Å². The van der Waals surface area contributed by atoms with Gasteiger partial charge in [0.2, 0.25) is 5.91 Å². The predicted molar refractivity (Wildman–Crippen MR) is 152 cm³/mol. The Labute approximate surface area is 228 Å². The summed E-state index contributed by atoms with van der Waals surface area (Å²) in [6, 6.07) is 14.7. The van der Waals surface area contributed by atoms with Gasteiger partial charge in [-0.15, -0.1) is 11.3 Å². The number of rotatable bonds is 11. The summed E-state index contributed by atoms with van der Waals surface area (Å²) in [4.78, 5) is 32.4. The third kappa shape index (κ3) is 6.98. The van der Waals surface area contributed by atoms with Gasteiger partial charge in [0.1, 0.15) is 10.8 Å². The van der Waals surface area contributed by atoms with E-state index in [4.69, 9.17) is 9.72 Å². The predicted octanol–water partition coefficient (Wildman–Crippen LogP) is 6.50. The number of allylic oxidation sites excluding steroid dienone is 1. The lowest BCUT2D eigenvalue weighted by molar-refractivity contribution is -0.149. The monoisotopic (exact) mass is 530 g/mol. The van der Waals surface area contributed by atoms with E-state index in [-0.39, 0.29) is 5.91 Å². The van der Waals surface area contributed by atoms with Gasteiger partial charge in [-0.3, -0.25) is 4.79 Å². The summed E-state index contributed by atoms with van der Waals surface area (Å²) in [6.45, 7) is 4.96. The van der Waals surface area contributed by atoms with Gasteiger partial charge in [0.25, 0.3) is 0 Å². The number of unbranched alkanes of at least 4 members (excludes halogenated alkanes) is 2. The van der Waals surface area contributed by atoms with E-state index in [9.17, 15) is 14.7 Å². The Balaban J connectivity index is 1.40. The lowest BCUT2D eigenvalue weighted by Crippen LogP contribution is -2.42. The number of hydrogen-bond donors (Lipinski definition) is 1. The molecule has 1 amide bonds. The van der Waals surface area contributed by atoms with Crippen LogP contribution in [0.25, 0.3) is 12.2 Å². The molecule has 1 N–H and O–H groups in total. The molecule has 1 aliphatic heterocycles. The van der Waals surface area contributed by atoms with E-state index < -0.39 is 12.0 Å². The molecule has 0 spiro atoms. The fourth-order valence-corrected chi connectivity index (χ4v) is 5.41. The molecule has 0 fully saturated rings. The van der Waals surface area contributed by atoms with Crippen molar-refractivity contribution in [3.63, 3.8) is 0 Å². The number of fused-ring (bicyclic) bond motifs is 1. The van der Waals surface area contributed by atoms with Crippen molar-refractivity contribution in [3.05, 3.63) is 93.0 Å². The number of hydrogen-bond acceptors (Lipinski definition) is 5. The van der Waals surface area contributed by atoms with Crippen molar-refractivity contribution >= 4 is 35.4 Å². The van der Waals surface area contributed by atoms with E-state index >= 15 is 0 Å². The van der Waals surface area contributed by atoms with E-state index in [1.165, 1.54) is 11.0 Å². The van der Waals surface area contributed by atoms with Gasteiger partial charge in [-0.25, -0.2) is 9.78 Å². The second kappa shape index (κ2) is 13.2. The Bertz CT molecular complexity index is 1310. The summed E-state index contributed by atoms with van der Waals surface area (Å²) in [5, 5.41) is 11.0. The van der Waals surface area contributed by atoms with Gasteiger partial charge in [-0.1, -0.05) is 68.3 Å². The van der Waals surface area contributed by atoms with Crippen molar-refractivity contribution in [2.24, 2.45) is 0 Å². The number of aliphatic carboxylic acids is 1. The third-order valence-corrected chi connectivity index (χ3v) is 7.56. The molecule has 4 rings (SSSR count). The molecule has 7 heteroatoms. The highest BCUT2D eigenvalue weighted by atomic mass is 32.1. The molecule has 1 aromatic heterocycles. The average molecular weight is 531 g/mol. The third-order valence-electron chi connectivity index (χ3n) is 6.58. The average Bonchev–Trinajstić information content (AvgIpc) is 3.28. The molecule has 2 aromatic carbocycles. The van der Waals surface area contributed by atoms with E-state index in [0.717, 1.165) is 46.0 Å². The number of carbonyl (C=O) groups excluding carboxylic acids is 1. The van der Waals surface area contributed by atoms with Crippen LogP contribution < -0.4 is 4.74 Å². The fourth-order valence-electron chi connectivity index (χ4n) is 4.54. The molecule has 0 aliphatic carbocycles. The summed E-state index contributed by atoms with van der Waals surface area (Å²) in [6.07, 6.45) is 11.6. The first-order valence-electron chi connectivity index (χ1n) is 13.1. The fraction of sp³-hybridized carbons (Fsp3) is 0.323. The first-order chi connectivity index (χ1) is 18.5. The van der Waals surface area contributed by atoms with Crippen molar-refractivity contribution in [2.45, 2.75) is 52.0 Å². The number of carboxylic acid groups (broad SMARTS) is 1. The summed E-state index contributed by atoms with van der Waals surface area (Å²) >= 11 is 1.65. The summed E-state index contributed by atoms with van der Waals surface area (Å²) in [5.74, 6) is -0.700. The Morgan fingerprint density at radius 1 is 1.18 bits per heavy atom. The molecule has 1 aliphatic rings. The minimum atomic E-state index is -1.03. The zero-order chi connectivity index (χ0) is 26.9. The first-order valence-corrected chi connectivity index (χ1v) is 13.9. The number of thiazole rings is 1. The van der Waals surface area contributed by atoms with E-state index in [2.05, 4.69) is 32.1 Å². The molecule has 3 aromatic rings. The Morgan fingerprint density at radius 2 is 2.00 bits per heavy atom. The molecular weight excluding hydrogens is 496 g/mol. The van der Waals surface area contributed by atoms with Crippen molar-refractivity contribution in [2.75, 3.05) is 13.2 Å². The van der Waals surface area contributed by atoms with Crippen LogP contribution in [0.1, 0.15) is 64.5 Å². The number of benzene rings is 2. The molecule has 38 heavy (non-hydrogen) atoms. The van der Waals surface area contributed by atoms with Crippen molar-refractivity contribution < 1.29 is 19.4 Å². The van der Waals surface area contributed by atoms with Crippen molar-refractivity contribution in [3.8, 4) is 5.75 Å². The summed E-state index contributed by atoms with van der Waals surface area (Å²) < 4.78 is 6.02. The summed E-state index contributed by atoms with van der Waals surface area (Å²) in [7, 11) is 0. The quantitative estimate of drug-likeness (QED) is 0.226. The zero-order valence-corrected chi connectivity index (χ0v) is 22.7. The molecule has 198 valence electrons. The number of amides is 1. The molecule has 0 saturated heterocycles. The van der Waals surface area contributed by atoms with Crippen LogP contribution in [0, 0.1) is 6.92 Å². The van der Waals surface area contributed by atoms with Gasteiger partial charge in [0.05, 0.1) is 12.3 Å². The van der Waals surface area contributed by atoms with Gasteiger partial charge >= 0.3 is 5.97 Å². The number of aryl methyl sites for hydroxylation is 1. The second-order valence-corrected chi connectivity index (χ2v) is 10.6. The maximum atomic E-state index is 12.8. The van der Waals surface area contributed by atoms with Crippen LogP contribution in [0.2, 0.25) is 0 Å². The number of aromatic nitrogens is 1.